The highest BCUT2D eigenvalue weighted by Gasteiger charge is 2.16. The van der Waals surface area contributed by atoms with Crippen LogP contribution in [0.2, 0.25) is 0 Å². The molecule has 0 bridgehead atoms. The van der Waals surface area contributed by atoms with Crippen LogP contribution in [0.4, 0.5) is 8.78 Å². The highest BCUT2D eigenvalue weighted by Crippen LogP contribution is 2.25. The van der Waals surface area contributed by atoms with Gasteiger partial charge in [0, 0.05) is 69.2 Å². The Balaban J connectivity index is 1.50. The predicted molar refractivity (Wildman–Crippen MR) is 119 cm³/mol. The molecule has 1 aromatic heterocycles. The third kappa shape index (κ3) is 5.36. The topological polar surface area (TPSA) is 36.3 Å². The molecule has 2 heterocycles. The van der Waals surface area contributed by atoms with Crippen LogP contribution in [-0.4, -0.2) is 65.9 Å². The van der Waals surface area contributed by atoms with Gasteiger partial charge >= 0.3 is 0 Å². The summed E-state index contributed by atoms with van der Waals surface area (Å²) in [6, 6.07) is 11.7. The van der Waals surface area contributed by atoms with Crippen molar-refractivity contribution in [3.8, 4) is 16.9 Å². The number of rotatable bonds is 7. The van der Waals surface area contributed by atoms with Crippen molar-refractivity contribution in [1.82, 2.24) is 24.9 Å². The van der Waals surface area contributed by atoms with E-state index < -0.39 is 11.6 Å². The van der Waals surface area contributed by atoms with Crippen LogP contribution in [0.15, 0.2) is 48.7 Å². The van der Waals surface area contributed by atoms with Crippen molar-refractivity contribution in [2.24, 2.45) is 0 Å². The smallest absolute Gasteiger partial charge is 0.151 e. The summed E-state index contributed by atoms with van der Waals surface area (Å²) < 4.78 is 29.2. The van der Waals surface area contributed by atoms with Gasteiger partial charge in [-0.15, -0.1) is 0 Å². The van der Waals surface area contributed by atoms with Crippen LogP contribution in [0, 0.1) is 18.6 Å². The number of halogens is 2. The average Bonchev–Trinajstić information content (AvgIpc) is 3.17. The molecule has 1 fully saturated rings. The highest BCUT2D eigenvalue weighted by molar-refractivity contribution is 5.63. The van der Waals surface area contributed by atoms with Gasteiger partial charge < -0.3 is 10.2 Å². The quantitative estimate of drug-likeness (QED) is 0.588. The van der Waals surface area contributed by atoms with Gasteiger partial charge in [0.05, 0.1) is 5.69 Å². The van der Waals surface area contributed by atoms with Gasteiger partial charge in [0.1, 0.15) is 11.5 Å². The van der Waals surface area contributed by atoms with Crippen molar-refractivity contribution >= 4 is 0 Å². The molecule has 4 rings (SSSR count). The zero-order chi connectivity index (χ0) is 21.8. The highest BCUT2D eigenvalue weighted by atomic mass is 19.1. The zero-order valence-electron chi connectivity index (χ0n) is 18.1. The molecule has 0 atom stereocenters. The number of likely N-dealkylation sites (N-methyl/N-ethyl adjacent to an activating group) is 1. The molecule has 0 saturated carbocycles. The summed E-state index contributed by atoms with van der Waals surface area (Å²) >= 11 is 0. The molecule has 164 valence electrons. The van der Waals surface area contributed by atoms with E-state index in [0.29, 0.717) is 6.54 Å². The van der Waals surface area contributed by atoms with Crippen LogP contribution in [0.5, 0.6) is 0 Å². The molecule has 1 aliphatic rings. The molecule has 7 heteroatoms. The van der Waals surface area contributed by atoms with E-state index in [9.17, 15) is 8.78 Å². The maximum atomic E-state index is 14.3. The Kier molecular flexibility index (Phi) is 6.75. The number of hydrogen-bond acceptors (Lipinski definition) is 4. The lowest BCUT2D eigenvalue weighted by molar-refractivity contribution is 0.154. The largest absolute Gasteiger partial charge is 0.311 e. The van der Waals surface area contributed by atoms with Gasteiger partial charge in [-0.05, 0) is 26.1 Å². The van der Waals surface area contributed by atoms with Gasteiger partial charge in [0.15, 0.2) is 5.82 Å². The number of nitrogens with one attached hydrogen (secondary N) is 1. The lowest BCUT2D eigenvalue weighted by atomic mass is 10.1. The summed E-state index contributed by atoms with van der Waals surface area (Å²) in [7, 11) is 2.16. The maximum Gasteiger partial charge on any atom is 0.151 e. The van der Waals surface area contributed by atoms with Crippen molar-refractivity contribution in [1.29, 1.82) is 0 Å². The van der Waals surface area contributed by atoms with Gasteiger partial charge in [-0.3, -0.25) is 4.90 Å². The van der Waals surface area contributed by atoms with E-state index >= 15 is 0 Å². The molecule has 2 aromatic carbocycles. The lowest BCUT2D eigenvalue weighted by Crippen LogP contribution is -2.46. The first-order valence-electron chi connectivity index (χ1n) is 10.7. The van der Waals surface area contributed by atoms with E-state index in [1.165, 1.54) is 22.4 Å². The summed E-state index contributed by atoms with van der Waals surface area (Å²) in [6.07, 6.45) is 1.83. The fraction of sp³-hybridized carbons (Fsp3) is 0.375. The molecule has 3 aromatic rings. The molecule has 0 spiro atoms. The first-order chi connectivity index (χ1) is 15.0. The van der Waals surface area contributed by atoms with E-state index in [2.05, 4.69) is 27.3 Å². The summed E-state index contributed by atoms with van der Waals surface area (Å²) in [6.45, 7) is 8.92. The number of nitrogens with zero attached hydrogens (tertiary/aromatic N) is 4. The van der Waals surface area contributed by atoms with E-state index in [0.717, 1.165) is 62.2 Å². The molecular formula is C24H29F2N5. The Morgan fingerprint density at radius 3 is 2.45 bits per heavy atom. The third-order valence-corrected chi connectivity index (χ3v) is 5.79. The average molecular weight is 426 g/mol. The Morgan fingerprint density at radius 2 is 1.74 bits per heavy atom. The Hall–Kier alpha value is -2.61. The van der Waals surface area contributed by atoms with Crippen LogP contribution in [0.1, 0.15) is 11.1 Å². The minimum absolute atomic E-state index is 0.235. The molecule has 0 aliphatic carbocycles. The fourth-order valence-corrected chi connectivity index (χ4v) is 3.82. The maximum absolute atomic E-state index is 14.3. The number of hydrogen-bond donors (Lipinski definition) is 1. The molecule has 0 radical (unpaired) electrons. The zero-order valence-corrected chi connectivity index (χ0v) is 18.1. The second-order valence-corrected chi connectivity index (χ2v) is 8.23. The van der Waals surface area contributed by atoms with Gasteiger partial charge in [-0.2, -0.15) is 5.10 Å². The fourth-order valence-electron chi connectivity index (χ4n) is 3.82. The van der Waals surface area contributed by atoms with Crippen LogP contribution < -0.4 is 5.32 Å². The van der Waals surface area contributed by atoms with Crippen LogP contribution in [0.25, 0.3) is 16.9 Å². The second kappa shape index (κ2) is 9.68. The normalized spacial score (nSPS) is 15.5. The first-order valence-corrected chi connectivity index (χ1v) is 10.7. The summed E-state index contributed by atoms with van der Waals surface area (Å²) in [5, 5.41) is 8.15. The number of piperazine rings is 1. The Bertz CT molecular complexity index is 1010. The molecule has 5 nitrogen and oxygen atoms in total. The minimum Gasteiger partial charge on any atom is -0.311 e. The van der Waals surface area contributed by atoms with Crippen LogP contribution in [-0.2, 0) is 6.54 Å². The van der Waals surface area contributed by atoms with E-state index in [-0.39, 0.29) is 5.69 Å². The molecular weight excluding hydrogens is 396 g/mol. The molecule has 0 unspecified atom stereocenters. The van der Waals surface area contributed by atoms with Crippen molar-refractivity contribution in [3.63, 3.8) is 0 Å². The second-order valence-electron chi connectivity index (χ2n) is 8.23. The van der Waals surface area contributed by atoms with Crippen molar-refractivity contribution in [2.45, 2.75) is 13.5 Å². The standard InChI is InChI=1S/C24H29F2N5/c1-18-3-5-19(6-4-18)24-20(16-27-9-10-30-13-11-29(2)12-14-30)17-31(28-24)23-8-7-21(25)15-22(23)26/h3-8,15,17,27H,9-14,16H2,1-2H3. The third-order valence-electron chi connectivity index (χ3n) is 5.79. The van der Waals surface area contributed by atoms with E-state index in [4.69, 9.17) is 0 Å². The van der Waals surface area contributed by atoms with E-state index in [1.807, 2.05) is 37.4 Å². The van der Waals surface area contributed by atoms with Gasteiger partial charge in [0.2, 0.25) is 0 Å². The van der Waals surface area contributed by atoms with Crippen molar-refractivity contribution in [2.75, 3.05) is 46.3 Å². The Morgan fingerprint density at radius 1 is 1.00 bits per heavy atom. The molecule has 1 N–H and O–H groups in total. The summed E-state index contributed by atoms with van der Waals surface area (Å²) in [4.78, 5) is 4.81. The summed E-state index contributed by atoms with van der Waals surface area (Å²) in [5.41, 5.74) is 4.16. The molecule has 0 amide bonds. The predicted octanol–water partition coefficient (Wildman–Crippen LogP) is 3.46. The van der Waals surface area contributed by atoms with Gasteiger partial charge in [-0.1, -0.05) is 29.8 Å². The van der Waals surface area contributed by atoms with Gasteiger partial charge in [0.25, 0.3) is 0 Å². The summed E-state index contributed by atoms with van der Waals surface area (Å²) in [5.74, 6) is -1.23. The minimum atomic E-state index is -0.632. The monoisotopic (exact) mass is 425 g/mol. The SMILES string of the molecule is Cc1ccc(-c2nn(-c3ccc(F)cc3F)cc2CNCCN2CCN(C)CC2)cc1. The number of aromatic nitrogens is 2. The lowest BCUT2D eigenvalue weighted by Gasteiger charge is -2.32. The molecule has 1 aliphatic heterocycles. The molecule has 31 heavy (non-hydrogen) atoms. The van der Waals surface area contributed by atoms with E-state index in [1.54, 1.807) is 0 Å². The first kappa shape index (κ1) is 21.6. The van der Waals surface area contributed by atoms with Crippen LogP contribution >= 0.6 is 0 Å². The number of benzene rings is 2. The van der Waals surface area contributed by atoms with Crippen LogP contribution in [0.3, 0.4) is 0 Å². The van der Waals surface area contributed by atoms with Crippen molar-refractivity contribution < 1.29 is 8.78 Å². The number of aryl methyl sites for hydroxylation is 1. The van der Waals surface area contributed by atoms with Gasteiger partial charge in [-0.25, -0.2) is 13.5 Å². The van der Waals surface area contributed by atoms with Crippen molar-refractivity contribution in [3.05, 3.63) is 71.4 Å². The molecule has 1 saturated heterocycles. The Labute approximate surface area is 182 Å².